The van der Waals surface area contributed by atoms with Gasteiger partial charge in [0.1, 0.15) is 11.3 Å². The molecule has 0 spiro atoms. The molecule has 2 aromatic heterocycles. The van der Waals surface area contributed by atoms with E-state index >= 15 is 0 Å². The van der Waals surface area contributed by atoms with E-state index < -0.39 is 0 Å². The molecule has 1 amide bonds. The topological polar surface area (TPSA) is 45.5 Å². The molecule has 4 nitrogen and oxygen atoms in total. The van der Waals surface area contributed by atoms with Crippen LogP contribution in [0.1, 0.15) is 48.0 Å². The van der Waals surface area contributed by atoms with Crippen molar-refractivity contribution in [3.63, 3.8) is 0 Å². The van der Waals surface area contributed by atoms with Gasteiger partial charge in [-0.3, -0.25) is 9.69 Å². The molecule has 1 saturated carbocycles. The number of benzene rings is 1. The first-order chi connectivity index (χ1) is 13.2. The average Bonchev–Trinajstić information content (AvgIpc) is 3.21. The van der Waals surface area contributed by atoms with Gasteiger partial charge in [-0.15, -0.1) is 11.3 Å². The molecule has 1 N–H and O–H groups in total. The summed E-state index contributed by atoms with van der Waals surface area (Å²) in [6, 6.07) is 12.5. The van der Waals surface area contributed by atoms with Gasteiger partial charge >= 0.3 is 0 Å². The summed E-state index contributed by atoms with van der Waals surface area (Å²) in [7, 11) is 0. The number of furan rings is 1. The van der Waals surface area contributed by atoms with Gasteiger partial charge in [-0.1, -0.05) is 18.2 Å². The largest absolute Gasteiger partial charge is 0.459 e. The fraction of sp³-hybridized carbons (Fsp3) is 0.409. The average molecular weight is 381 g/mol. The number of nitrogens with zero attached hydrogens (tertiary/aromatic N) is 1. The van der Waals surface area contributed by atoms with Crippen LogP contribution in [0.2, 0.25) is 0 Å². The molecular formula is C22H24N2O2S. The maximum Gasteiger partial charge on any atom is 0.234 e. The highest BCUT2D eigenvalue weighted by Crippen LogP contribution is 2.48. The molecule has 3 heterocycles. The van der Waals surface area contributed by atoms with Crippen LogP contribution in [0.25, 0.3) is 11.0 Å². The lowest BCUT2D eigenvalue weighted by Crippen LogP contribution is -2.43. The van der Waals surface area contributed by atoms with E-state index in [1.165, 1.54) is 23.3 Å². The first kappa shape index (κ1) is 17.0. The lowest BCUT2D eigenvalue weighted by molar-refractivity contribution is -0.123. The summed E-state index contributed by atoms with van der Waals surface area (Å²) >= 11 is 1.87. The van der Waals surface area contributed by atoms with E-state index in [1.807, 2.05) is 48.6 Å². The minimum absolute atomic E-state index is 0.0762. The van der Waals surface area contributed by atoms with Crippen molar-refractivity contribution in [1.29, 1.82) is 0 Å². The van der Waals surface area contributed by atoms with Gasteiger partial charge in [0.05, 0.1) is 12.6 Å². The van der Waals surface area contributed by atoms with Crippen molar-refractivity contribution in [1.82, 2.24) is 10.2 Å². The Hall–Kier alpha value is -2.11. The monoisotopic (exact) mass is 380 g/mol. The quantitative estimate of drug-likeness (QED) is 0.699. The maximum atomic E-state index is 12.8. The SMILES string of the molecule is C[C@H](NC(=O)CN1CCc2sccc2[C@@H]1C1CC1)c1cc2ccccc2o1. The van der Waals surface area contributed by atoms with Crippen LogP contribution in [0.15, 0.2) is 46.2 Å². The highest BCUT2D eigenvalue weighted by molar-refractivity contribution is 7.10. The Bertz CT molecular complexity index is 939. The van der Waals surface area contributed by atoms with E-state index in [0.717, 1.165) is 35.6 Å². The number of carbonyl (C=O) groups is 1. The molecule has 140 valence electrons. The van der Waals surface area contributed by atoms with Crippen molar-refractivity contribution in [3.05, 3.63) is 58.0 Å². The van der Waals surface area contributed by atoms with Crippen molar-refractivity contribution in [3.8, 4) is 0 Å². The summed E-state index contributed by atoms with van der Waals surface area (Å²) in [6.07, 6.45) is 3.63. The molecule has 1 aliphatic carbocycles. The molecule has 0 bridgehead atoms. The number of amides is 1. The van der Waals surface area contributed by atoms with Crippen LogP contribution in [0.4, 0.5) is 0 Å². The predicted octanol–water partition coefficient (Wildman–Crippen LogP) is 4.68. The number of thiophene rings is 1. The molecule has 0 saturated heterocycles. The van der Waals surface area contributed by atoms with Crippen LogP contribution in [-0.2, 0) is 11.2 Å². The van der Waals surface area contributed by atoms with Gasteiger partial charge < -0.3 is 9.73 Å². The lowest BCUT2D eigenvalue weighted by atomic mass is 9.96. The molecular weight excluding hydrogens is 356 g/mol. The summed E-state index contributed by atoms with van der Waals surface area (Å²) in [5.74, 6) is 1.61. The molecule has 1 aliphatic heterocycles. The minimum Gasteiger partial charge on any atom is -0.459 e. The van der Waals surface area contributed by atoms with Crippen LogP contribution in [0.3, 0.4) is 0 Å². The number of carbonyl (C=O) groups excluding carboxylic acids is 1. The number of nitrogens with one attached hydrogen (secondary N) is 1. The smallest absolute Gasteiger partial charge is 0.234 e. The van der Waals surface area contributed by atoms with Crippen molar-refractivity contribution in [2.24, 2.45) is 5.92 Å². The third-order valence-electron chi connectivity index (χ3n) is 5.78. The molecule has 0 unspecified atom stereocenters. The Labute approximate surface area is 163 Å². The normalized spacial score (nSPS) is 21.1. The number of para-hydroxylation sites is 1. The van der Waals surface area contributed by atoms with E-state index in [2.05, 4.69) is 21.7 Å². The fourth-order valence-corrected chi connectivity index (χ4v) is 5.21. The van der Waals surface area contributed by atoms with Gasteiger partial charge in [0.25, 0.3) is 0 Å². The zero-order chi connectivity index (χ0) is 18.4. The lowest BCUT2D eigenvalue weighted by Gasteiger charge is -2.35. The molecule has 1 aromatic carbocycles. The molecule has 5 heteroatoms. The van der Waals surface area contributed by atoms with Crippen LogP contribution >= 0.6 is 11.3 Å². The van der Waals surface area contributed by atoms with E-state index in [9.17, 15) is 4.79 Å². The summed E-state index contributed by atoms with van der Waals surface area (Å²) < 4.78 is 5.90. The first-order valence-electron chi connectivity index (χ1n) is 9.77. The first-order valence-corrected chi connectivity index (χ1v) is 10.6. The van der Waals surface area contributed by atoms with E-state index in [1.54, 1.807) is 0 Å². The van der Waals surface area contributed by atoms with Crippen molar-refractivity contribution in [2.45, 2.75) is 38.3 Å². The van der Waals surface area contributed by atoms with Crippen LogP contribution in [0.5, 0.6) is 0 Å². The summed E-state index contributed by atoms with van der Waals surface area (Å²) in [6.45, 7) is 3.42. The third kappa shape index (κ3) is 3.30. The van der Waals surface area contributed by atoms with Crippen LogP contribution in [-0.4, -0.2) is 23.9 Å². The number of hydrogen-bond acceptors (Lipinski definition) is 4. The van der Waals surface area contributed by atoms with Gasteiger partial charge in [-0.25, -0.2) is 0 Å². The Morgan fingerprint density at radius 3 is 3.00 bits per heavy atom. The molecule has 5 rings (SSSR count). The Morgan fingerprint density at radius 2 is 2.19 bits per heavy atom. The van der Waals surface area contributed by atoms with Gasteiger partial charge in [0.15, 0.2) is 0 Å². The second kappa shape index (κ2) is 6.80. The molecule has 2 aliphatic rings. The zero-order valence-corrected chi connectivity index (χ0v) is 16.3. The van der Waals surface area contributed by atoms with Crippen molar-refractivity contribution < 1.29 is 9.21 Å². The zero-order valence-electron chi connectivity index (χ0n) is 15.5. The number of rotatable bonds is 5. The molecule has 0 radical (unpaired) electrons. The second-order valence-electron chi connectivity index (χ2n) is 7.78. The van der Waals surface area contributed by atoms with E-state index in [-0.39, 0.29) is 11.9 Å². The third-order valence-corrected chi connectivity index (χ3v) is 6.78. The number of hydrogen-bond donors (Lipinski definition) is 1. The summed E-state index contributed by atoms with van der Waals surface area (Å²) in [4.78, 5) is 16.7. The highest BCUT2D eigenvalue weighted by atomic mass is 32.1. The summed E-state index contributed by atoms with van der Waals surface area (Å²) in [5.41, 5.74) is 2.33. The van der Waals surface area contributed by atoms with E-state index in [0.29, 0.717) is 12.6 Å². The van der Waals surface area contributed by atoms with Gasteiger partial charge in [-0.05, 0) is 61.2 Å². The minimum atomic E-state index is -0.134. The standard InChI is InChI=1S/C22H24N2O2S/c1-14(19-12-16-4-2-3-5-18(16)26-19)23-21(25)13-24-10-8-20-17(9-11-27-20)22(24)15-6-7-15/h2-5,9,11-12,14-15,22H,6-8,10,13H2,1H3,(H,23,25)/t14-,22-/m0/s1. The maximum absolute atomic E-state index is 12.8. The van der Waals surface area contributed by atoms with Crippen LogP contribution < -0.4 is 5.32 Å². The Kier molecular flexibility index (Phi) is 4.29. The van der Waals surface area contributed by atoms with Gasteiger partial charge in [0.2, 0.25) is 5.91 Å². The van der Waals surface area contributed by atoms with Gasteiger partial charge in [0, 0.05) is 22.8 Å². The Morgan fingerprint density at radius 1 is 1.33 bits per heavy atom. The Balaban J connectivity index is 1.27. The highest BCUT2D eigenvalue weighted by Gasteiger charge is 2.40. The molecule has 27 heavy (non-hydrogen) atoms. The fourth-order valence-electron chi connectivity index (χ4n) is 4.30. The predicted molar refractivity (Wildman–Crippen MR) is 108 cm³/mol. The molecule has 2 atom stereocenters. The van der Waals surface area contributed by atoms with Gasteiger partial charge in [-0.2, -0.15) is 0 Å². The van der Waals surface area contributed by atoms with Crippen molar-refractivity contribution in [2.75, 3.05) is 13.1 Å². The van der Waals surface area contributed by atoms with Crippen LogP contribution in [0, 0.1) is 5.92 Å². The number of fused-ring (bicyclic) bond motifs is 2. The molecule has 1 fully saturated rings. The van der Waals surface area contributed by atoms with E-state index in [4.69, 9.17) is 4.42 Å². The molecule has 3 aromatic rings. The second-order valence-corrected chi connectivity index (χ2v) is 8.78. The summed E-state index contributed by atoms with van der Waals surface area (Å²) in [5, 5.41) is 6.40. The van der Waals surface area contributed by atoms with Crippen molar-refractivity contribution >= 4 is 28.2 Å².